The number of primary amides is 1. The van der Waals surface area contributed by atoms with E-state index in [2.05, 4.69) is 18.7 Å². The van der Waals surface area contributed by atoms with Gasteiger partial charge in [-0.3, -0.25) is 9.69 Å². The van der Waals surface area contributed by atoms with E-state index >= 15 is 0 Å². The van der Waals surface area contributed by atoms with E-state index in [4.69, 9.17) is 26.8 Å². The predicted molar refractivity (Wildman–Crippen MR) is 145 cm³/mol. The molecule has 0 radical (unpaired) electrons. The van der Waals surface area contributed by atoms with Gasteiger partial charge >= 0.3 is 0 Å². The van der Waals surface area contributed by atoms with Gasteiger partial charge in [0, 0.05) is 30.2 Å². The summed E-state index contributed by atoms with van der Waals surface area (Å²) < 4.78 is 11.7. The number of carbonyl (C=O) groups is 1. The minimum absolute atomic E-state index is 0.0417. The molecule has 0 saturated carbocycles. The molecule has 0 aromatic heterocycles. The molecule has 4 rings (SSSR count). The predicted octanol–water partition coefficient (Wildman–Crippen LogP) is 5.69. The molecule has 1 unspecified atom stereocenters. The van der Waals surface area contributed by atoms with Crippen LogP contribution < -0.4 is 15.2 Å². The minimum atomic E-state index is -0.999. The lowest BCUT2D eigenvalue weighted by atomic mass is 9.66. The van der Waals surface area contributed by atoms with Crippen LogP contribution in [0.5, 0.6) is 11.5 Å². The Kier molecular flexibility index (Phi) is 8.22. The van der Waals surface area contributed by atoms with Gasteiger partial charge in [-0.15, -0.1) is 0 Å². The summed E-state index contributed by atoms with van der Waals surface area (Å²) in [6, 6.07) is 25.2. The lowest BCUT2D eigenvalue weighted by Gasteiger charge is -2.44. The quantitative estimate of drug-likeness (QED) is 0.383. The smallest absolute Gasteiger partial charge is 0.234 e. The number of nitrogens with zero attached hydrogens (tertiary/aromatic N) is 1. The number of likely N-dealkylation sites (tertiary alicyclic amines) is 1. The number of nitrogens with two attached hydrogens (primary N) is 1. The van der Waals surface area contributed by atoms with Crippen molar-refractivity contribution in [3.8, 4) is 11.5 Å². The molecule has 2 atom stereocenters. The van der Waals surface area contributed by atoms with Crippen LogP contribution in [0.1, 0.15) is 37.8 Å². The van der Waals surface area contributed by atoms with Crippen LogP contribution in [0.2, 0.25) is 5.02 Å². The Morgan fingerprint density at radius 3 is 2.14 bits per heavy atom. The number of rotatable bonds is 10. The molecule has 1 fully saturated rings. The summed E-state index contributed by atoms with van der Waals surface area (Å²) in [5.41, 5.74) is 7.19. The van der Waals surface area contributed by atoms with Crippen LogP contribution in [0.4, 0.5) is 0 Å². The van der Waals surface area contributed by atoms with Crippen molar-refractivity contribution in [2.24, 2.45) is 11.7 Å². The molecule has 1 heterocycles. The van der Waals surface area contributed by atoms with Crippen molar-refractivity contribution in [2.75, 3.05) is 20.2 Å². The van der Waals surface area contributed by atoms with Crippen LogP contribution >= 0.6 is 11.6 Å². The molecule has 5 nitrogen and oxygen atoms in total. The minimum Gasteiger partial charge on any atom is -0.497 e. The lowest BCUT2D eigenvalue weighted by molar-refractivity contribution is -0.124. The Morgan fingerprint density at radius 1 is 1.03 bits per heavy atom. The van der Waals surface area contributed by atoms with Crippen molar-refractivity contribution in [3.63, 3.8) is 0 Å². The highest BCUT2D eigenvalue weighted by molar-refractivity contribution is 6.30. The Balaban J connectivity index is 1.72. The Morgan fingerprint density at radius 2 is 1.61 bits per heavy atom. The summed E-state index contributed by atoms with van der Waals surface area (Å²) in [6.45, 7) is 5.86. The van der Waals surface area contributed by atoms with E-state index in [9.17, 15) is 4.79 Å². The number of carbonyl (C=O) groups excluding carboxylic acids is 1. The number of hydrogen-bond donors (Lipinski definition) is 1. The van der Waals surface area contributed by atoms with E-state index in [1.165, 1.54) is 0 Å². The summed E-state index contributed by atoms with van der Waals surface area (Å²) in [5.74, 6) is 1.36. The molecule has 3 aromatic rings. The first-order valence-electron chi connectivity index (χ1n) is 12.5. The summed E-state index contributed by atoms with van der Waals surface area (Å²) in [4.78, 5) is 16.0. The number of hydrogen-bond acceptors (Lipinski definition) is 4. The molecule has 0 spiro atoms. The molecule has 0 aliphatic carbocycles. The highest BCUT2D eigenvalue weighted by atomic mass is 35.5. The van der Waals surface area contributed by atoms with Gasteiger partial charge in [-0.1, -0.05) is 86.1 Å². The molecular formula is C30H35ClN2O3. The average Bonchev–Trinajstić information content (AvgIpc) is 3.32. The Labute approximate surface area is 219 Å². The van der Waals surface area contributed by atoms with Crippen LogP contribution in [0, 0.1) is 5.92 Å². The summed E-state index contributed by atoms with van der Waals surface area (Å²) in [5, 5.41) is 0.567. The average molecular weight is 507 g/mol. The van der Waals surface area contributed by atoms with E-state index < -0.39 is 5.41 Å². The molecule has 0 bridgehead atoms. The first-order valence-corrected chi connectivity index (χ1v) is 12.9. The van der Waals surface area contributed by atoms with Crippen molar-refractivity contribution in [2.45, 2.75) is 44.2 Å². The standard InChI is InChI=1S/C30H35ClN2O3/c1-21(2)16-28(33-15-14-25(20-33)36-27-18-24(31)17-26(19-27)35-3)30(29(32)34,22-10-6-4-7-11-22)23-12-8-5-9-13-23/h4-13,17-19,21,25,28H,14-16,20H2,1-3H3,(H2,32,34)/t25?,28-/m0/s1. The van der Waals surface area contributed by atoms with Crippen molar-refractivity contribution in [1.82, 2.24) is 4.90 Å². The van der Waals surface area contributed by atoms with Gasteiger partial charge in [-0.2, -0.15) is 0 Å². The lowest BCUT2D eigenvalue weighted by Crippen LogP contribution is -2.58. The van der Waals surface area contributed by atoms with Gasteiger partial charge in [0.15, 0.2) is 0 Å². The van der Waals surface area contributed by atoms with Crippen LogP contribution in [0.25, 0.3) is 0 Å². The molecular weight excluding hydrogens is 472 g/mol. The normalized spacial score (nSPS) is 17.2. The highest BCUT2D eigenvalue weighted by Crippen LogP contribution is 2.42. The Bertz CT molecular complexity index is 1110. The molecule has 2 N–H and O–H groups in total. The van der Waals surface area contributed by atoms with Gasteiger partial charge in [-0.05, 0) is 42.0 Å². The molecule has 1 aliphatic heterocycles. The fourth-order valence-electron chi connectivity index (χ4n) is 5.50. The largest absolute Gasteiger partial charge is 0.497 e. The maximum Gasteiger partial charge on any atom is 0.234 e. The highest BCUT2D eigenvalue weighted by Gasteiger charge is 2.51. The van der Waals surface area contributed by atoms with Crippen molar-refractivity contribution >= 4 is 17.5 Å². The number of methoxy groups -OCH3 is 1. The summed E-state index contributed by atoms with van der Waals surface area (Å²) in [7, 11) is 1.61. The molecule has 1 aliphatic rings. The molecule has 1 saturated heterocycles. The summed E-state index contributed by atoms with van der Waals surface area (Å²) in [6.07, 6.45) is 1.60. The zero-order valence-corrected chi connectivity index (χ0v) is 21.9. The van der Waals surface area contributed by atoms with Crippen LogP contribution in [0.15, 0.2) is 78.9 Å². The fourth-order valence-corrected chi connectivity index (χ4v) is 5.71. The Hall–Kier alpha value is -3.02. The van der Waals surface area contributed by atoms with Crippen molar-refractivity contribution in [1.29, 1.82) is 0 Å². The second kappa shape index (κ2) is 11.4. The summed E-state index contributed by atoms with van der Waals surface area (Å²) >= 11 is 6.26. The van der Waals surface area contributed by atoms with E-state index in [1.54, 1.807) is 19.2 Å². The third-order valence-electron chi connectivity index (χ3n) is 7.04. The molecule has 6 heteroatoms. The van der Waals surface area contributed by atoms with Crippen molar-refractivity contribution in [3.05, 3.63) is 95.0 Å². The van der Waals surface area contributed by atoms with Gasteiger partial charge in [0.05, 0.1) is 7.11 Å². The maximum absolute atomic E-state index is 13.6. The number of amides is 1. The SMILES string of the molecule is COc1cc(Cl)cc(OC2CCN([C@@H](CC(C)C)C(C(N)=O)(c3ccccc3)c3ccccc3)C2)c1. The third-order valence-corrected chi connectivity index (χ3v) is 7.26. The number of halogens is 1. The molecule has 3 aromatic carbocycles. The van der Waals surface area contributed by atoms with Crippen LogP contribution in [-0.4, -0.2) is 43.2 Å². The second-order valence-corrected chi connectivity index (χ2v) is 10.3. The molecule has 36 heavy (non-hydrogen) atoms. The van der Waals surface area contributed by atoms with Crippen LogP contribution in [-0.2, 0) is 10.2 Å². The van der Waals surface area contributed by atoms with Gasteiger partial charge < -0.3 is 15.2 Å². The first-order chi connectivity index (χ1) is 17.3. The maximum atomic E-state index is 13.6. The zero-order chi connectivity index (χ0) is 25.7. The third kappa shape index (κ3) is 5.37. The van der Waals surface area contributed by atoms with E-state index in [0.29, 0.717) is 29.0 Å². The molecule has 1 amide bonds. The monoisotopic (exact) mass is 506 g/mol. The second-order valence-electron chi connectivity index (χ2n) is 9.90. The molecule has 190 valence electrons. The van der Waals surface area contributed by atoms with Gasteiger partial charge in [-0.25, -0.2) is 0 Å². The number of ether oxygens (including phenoxy) is 2. The van der Waals surface area contributed by atoms with E-state index in [1.807, 2.05) is 66.7 Å². The van der Waals surface area contributed by atoms with Gasteiger partial charge in [0.1, 0.15) is 23.0 Å². The van der Waals surface area contributed by atoms with Gasteiger partial charge in [0.25, 0.3) is 0 Å². The number of benzene rings is 3. The van der Waals surface area contributed by atoms with E-state index in [0.717, 1.165) is 30.5 Å². The van der Waals surface area contributed by atoms with E-state index in [-0.39, 0.29) is 18.1 Å². The van der Waals surface area contributed by atoms with Crippen LogP contribution in [0.3, 0.4) is 0 Å². The topological polar surface area (TPSA) is 64.8 Å². The van der Waals surface area contributed by atoms with Crippen molar-refractivity contribution < 1.29 is 14.3 Å². The fraction of sp³-hybridized carbons (Fsp3) is 0.367. The van der Waals surface area contributed by atoms with Gasteiger partial charge in [0.2, 0.25) is 5.91 Å². The zero-order valence-electron chi connectivity index (χ0n) is 21.2. The first kappa shape index (κ1) is 26.1.